The van der Waals surface area contributed by atoms with Crippen LogP contribution in [-0.2, 0) is 6.54 Å². The summed E-state index contributed by atoms with van der Waals surface area (Å²) >= 11 is 2.09. The average molecular weight is 261 g/mol. The predicted octanol–water partition coefficient (Wildman–Crippen LogP) is 2.80. The number of hydrogen-bond donors (Lipinski definition) is 2. The lowest BCUT2D eigenvalue weighted by molar-refractivity contribution is 0.472. The second-order valence-corrected chi connectivity index (χ2v) is 6.06. The van der Waals surface area contributed by atoms with Crippen LogP contribution in [0.1, 0.15) is 18.7 Å². The first-order chi connectivity index (χ1) is 8.92. The number of benzene rings is 1. The fraction of sp³-hybridized carbons (Fsp3) is 0.500. The standard InChI is InChI=1S/C14H19N3S/c1-2-6-13-12(5-1)16-14(17-13)9-15-8-11-4-3-7-18-10-11/h1-2,5-6,11,15H,3-4,7-10H2,(H,16,17). The zero-order valence-electron chi connectivity index (χ0n) is 10.5. The predicted molar refractivity (Wildman–Crippen MR) is 77.8 cm³/mol. The van der Waals surface area contributed by atoms with Gasteiger partial charge in [-0.15, -0.1) is 0 Å². The number of aromatic amines is 1. The van der Waals surface area contributed by atoms with Crippen LogP contribution >= 0.6 is 11.8 Å². The van der Waals surface area contributed by atoms with Crippen LogP contribution in [0.25, 0.3) is 11.0 Å². The van der Waals surface area contributed by atoms with Crippen molar-refractivity contribution in [1.82, 2.24) is 15.3 Å². The molecule has 3 rings (SSSR count). The molecular formula is C14H19N3S. The van der Waals surface area contributed by atoms with Crippen molar-refractivity contribution in [2.24, 2.45) is 5.92 Å². The van der Waals surface area contributed by atoms with Crippen molar-refractivity contribution >= 4 is 22.8 Å². The van der Waals surface area contributed by atoms with Gasteiger partial charge in [-0.2, -0.15) is 11.8 Å². The van der Waals surface area contributed by atoms with Gasteiger partial charge >= 0.3 is 0 Å². The van der Waals surface area contributed by atoms with Crippen LogP contribution < -0.4 is 5.32 Å². The molecule has 0 spiro atoms. The van der Waals surface area contributed by atoms with Crippen molar-refractivity contribution in [1.29, 1.82) is 0 Å². The van der Waals surface area contributed by atoms with Crippen LogP contribution in [0.5, 0.6) is 0 Å². The molecule has 1 aliphatic rings. The molecule has 4 heteroatoms. The molecule has 1 unspecified atom stereocenters. The quantitative estimate of drug-likeness (QED) is 0.889. The Morgan fingerprint density at radius 2 is 2.33 bits per heavy atom. The second kappa shape index (κ2) is 5.76. The van der Waals surface area contributed by atoms with E-state index in [1.807, 2.05) is 18.2 Å². The zero-order chi connectivity index (χ0) is 12.2. The van der Waals surface area contributed by atoms with Gasteiger partial charge in [0.15, 0.2) is 0 Å². The van der Waals surface area contributed by atoms with Crippen LogP contribution in [0.15, 0.2) is 24.3 Å². The molecule has 0 amide bonds. The molecule has 0 radical (unpaired) electrons. The van der Waals surface area contributed by atoms with Crippen LogP contribution in [0.3, 0.4) is 0 Å². The topological polar surface area (TPSA) is 40.7 Å². The van der Waals surface area contributed by atoms with E-state index < -0.39 is 0 Å². The second-order valence-electron chi connectivity index (χ2n) is 4.91. The van der Waals surface area contributed by atoms with Gasteiger partial charge in [-0.1, -0.05) is 12.1 Å². The SMILES string of the molecule is c1ccc2[nH]c(CNCC3CCCSC3)nc2c1. The molecule has 1 fully saturated rings. The van der Waals surface area contributed by atoms with Gasteiger partial charge < -0.3 is 10.3 Å². The number of aromatic nitrogens is 2. The molecule has 1 aromatic carbocycles. The van der Waals surface area contributed by atoms with E-state index in [2.05, 4.69) is 33.1 Å². The molecular weight excluding hydrogens is 242 g/mol. The van der Waals surface area contributed by atoms with Gasteiger partial charge in [0.1, 0.15) is 5.82 Å². The first-order valence-corrected chi connectivity index (χ1v) is 7.79. The fourth-order valence-corrected chi connectivity index (χ4v) is 3.61. The van der Waals surface area contributed by atoms with Gasteiger partial charge in [-0.3, -0.25) is 0 Å². The lowest BCUT2D eigenvalue weighted by Gasteiger charge is -2.21. The Kier molecular flexibility index (Phi) is 3.86. The minimum atomic E-state index is 0.841. The third kappa shape index (κ3) is 2.87. The highest BCUT2D eigenvalue weighted by molar-refractivity contribution is 7.99. The van der Waals surface area contributed by atoms with Crippen LogP contribution in [0.4, 0.5) is 0 Å². The first-order valence-electron chi connectivity index (χ1n) is 6.64. The Hall–Kier alpha value is -1.00. The van der Waals surface area contributed by atoms with Crippen molar-refractivity contribution in [2.75, 3.05) is 18.1 Å². The molecule has 0 saturated carbocycles. The molecule has 1 saturated heterocycles. The molecule has 3 nitrogen and oxygen atoms in total. The number of H-pyrrole nitrogens is 1. The van der Waals surface area contributed by atoms with E-state index >= 15 is 0 Å². The minimum absolute atomic E-state index is 0.841. The lowest BCUT2D eigenvalue weighted by atomic mass is 10.1. The highest BCUT2D eigenvalue weighted by atomic mass is 32.2. The Bertz CT molecular complexity index is 469. The van der Waals surface area contributed by atoms with Crippen molar-refractivity contribution < 1.29 is 0 Å². The molecule has 0 bridgehead atoms. The maximum Gasteiger partial charge on any atom is 0.121 e. The van der Waals surface area contributed by atoms with E-state index in [9.17, 15) is 0 Å². The molecule has 2 aromatic rings. The van der Waals surface area contributed by atoms with Gasteiger partial charge in [-0.25, -0.2) is 4.98 Å². The van der Waals surface area contributed by atoms with E-state index in [4.69, 9.17) is 0 Å². The third-order valence-corrected chi connectivity index (χ3v) is 4.70. The number of nitrogens with one attached hydrogen (secondary N) is 2. The van der Waals surface area contributed by atoms with Crippen molar-refractivity contribution in [3.8, 4) is 0 Å². The van der Waals surface area contributed by atoms with Crippen LogP contribution in [0.2, 0.25) is 0 Å². The van der Waals surface area contributed by atoms with E-state index in [0.717, 1.165) is 35.9 Å². The summed E-state index contributed by atoms with van der Waals surface area (Å²) in [6.45, 7) is 1.96. The molecule has 2 N–H and O–H groups in total. The van der Waals surface area contributed by atoms with E-state index in [-0.39, 0.29) is 0 Å². The van der Waals surface area contributed by atoms with Crippen LogP contribution in [0, 0.1) is 5.92 Å². The van der Waals surface area contributed by atoms with Gasteiger partial charge in [0.25, 0.3) is 0 Å². The zero-order valence-corrected chi connectivity index (χ0v) is 11.3. The fourth-order valence-electron chi connectivity index (χ4n) is 2.45. The highest BCUT2D eigenvalue weighted by Gasteiger charge is 2.13. The van der Waals surface area contributed by atoms with Gasteiger partial charge in [0.05, 0.1) is 17.6 Å². The number of rotatable bonds is 4. The first kappa shape index (κ1) is 12.1. The minimum Gasteiger partial charge on any atom is -0.341 e. The van der Waals surface area contributed by atoms with Crippen molar-refractivity contribution in [3.05, 3.63) is 30.1 Å². The summed E-state index contributed by atoms with van der Waals surface area (Å²) in [6.07, 6.45) is 2.75. The third-order valence-electron chi connectivity index (χ3n) is 3.42. The summed E-state index contributed by atoms with van der Waals surface area (Å²) in [7, 11) is 0. The number of thioether (sulfide) groups is 1. The molecule has 18 heavy (non-hydrogen) atoms. The number of imidazole rings is 1. The summed E-state index contributed by atoms with van der Waals surface area (Å²) in [6, 6.07) is 8.19. The molecule has 96 valence electrons. The van der Waals surface area contributed by atoms with Gasteiger partial charge in [0.2, 0.25) is 0 Å². The Morgan fingerprint density at radius 1 is 1.39 bits per heavy atom. The molecule has 2 heterocycles. The van der Waals surface area contributed by atoms with Crippen molar-refractivity contribution in [3.63, 3.8) is 0 Å². The summed E-state index contributed by atoms with van der Waals surface area (Å²) in [5.74, 6) is 4.54. The number of fused-ring (bicyclic) bond motifs is 1. The summed E-state index contributed by atoms with van der Waals surface area (Å²) in [4.78, 5) is 7.93. The number of hydrogen-bond acceptors (Lipinski definition) is 3. The summed E-state index contributed by atoms with van der Waals surface area (Å²) in [5, 5.41) is 3.53. The van der Waals surface area contributed by atoms with E-state index in [1.54, 1.807) is 0 Å². The number of para-hydroxylation sites is 2. The molecule has 1 atom stereocenters. The highest BCUT2D eigenvalue weighted by Crippen LogP contribution is 2.21. The molecule has 1 aliphatic heterocycles. The Morgan fingerprint density at radius 3 is 3.17 bits per heavy atom. The Labute approximate surface area is 112 Å². The number of nitrogens with zero attached hydrogens (tertiary/aromatic N) is 1. The lowest BCUT2D eigenvalue weighted by Crippen LogP contribution is -2.26. The van der Waals surface area contributed by atoms with Gasteiger partial charge in [-0.05, 0) is 48.9 Å². The largest absolute Gasteiger partial charge is 0.341 e. The van der Waals surface area contributed by atoms with E-state index in [1.165, 1.54) is 24.3 Å². The summed E-state index contributed by atoms with van der Waals surface area (Å²) < 4.78 is 0. The monoisotopic (exact) mass is 261 g/mol. The normalized spacial score (nSPS) is 20.3. The maximum atomic E-state index is 4.57. The van der Waals surface area contributed by atoms with Crippen LogP contribution in [-0.4, -0.2) is 28.0 Å². The van der Waals surface area contributed by atoms with Gasteiger partial charge in [0, 0.05) is 0 Å². The Balaban J connectivity index is 1.53. The maximum absolute atomic E-state index is 4.57. The molecule has 0 aliphatic carbocycles. The smallest absolute Gasteiger partial charge is 0.121 e. The summed E-state index contributed by atoms with van der Waals surface area (Å²) in [5.41, 5.74) is 2.19. The van der Waals surface area contributed by atoms with Crippen molar-refractivity contribution in [2.45, 2.75) is 19.4 Å². The molecule has 1 aromatic heterocycles. The average Bonchev–Trinajstić information content (AvgIpc) is 2.82. The van der Waals surface area contributed by atoms with E-state index in [0.29, 0.717) is 0 Å².